The van der Waals surface area contributed by atoms with E-state index in [1.807, 2.05) is 12.1 Å². The molecule has 164 valence electrons. The van der Waals surface area contributed by atoms with Crippen LogP contribution in [0.5, 0.6) is 0 Å². The third-order valence-corrected chi connectivity index (χ3v) is 4.84. The number of nitrogens with one attached hydrogen (secondary N) is 2. The van der Waals surface area contributed by atoms with Crippen LogP contribution in [0, 0.1) is 0 Å². The highest BCUT2D eigenvalue weighted by Crippen LogP contribution is 2.18. The Bertz CT molecular complexity index is 774. The van der Waals surface area contributed by atoms with Crippen LogP contribution >= 0.6 is 0 Å². The maximum absolute atomic E-state index is 12.0. The summed E-state index contributed by atoms with van der Waals surface area (Å²) >= 11 is 0. The minimum atomic E-state index is -1.14. The summed E-state index contributed by atoms with van der Waals surface area (Å²) in [5.74, 6) is -0.335. The van der Waals surface area contributed by atoms with E-state index in [0.29, 0.717) is 5.82 Å². The molecule has 0 atom stereocenters. The number of amides is 2. The highest BCUT2D eigenvalue weighted by Gasteiger charge is 2.15. The predicted molar refractivity (Wildman–Crippen MR) is 114 cm³/mol. The Morgan fingerprint density at radius 3 is 2.23 bits per heavy atom. The Morgan fingerprint density at radius 1 is 0.933 bits per heavy atom. The Morgan fingerprint density at radius 2 is 1.57 bits per heavy atom. The van der Waals surface area contributed by atoms with Gasteiger partial charge in [-0.3, -0.25) is 4.79 Å². The van der Waals surface area contributed by atoms with Crippen molar-refractivity contribution in [2.45, 2.75) is 64.7 Å². The van der Waals surface area contributed by atoms with Gasteiger partial charge in [0.15, 0.2) is 0 Å². The summed E-state index contributed by atoms with van der Waals surface area (Å²) in [6, 6.07) is 7.99. The standard InChI is InChI=1S/C22H32N4O4/c1-2-3-4-5-6-7-8-9-10-17-11-13-18(14-12-17)19-25-21(30-26-19)20(27)23-15-16-24-22(28)29/h11-14,24H,2-10,15-16H2,1H3,(H,23,27)(H,28,29). The molecule has 1 heterocycles. The first-order chi connectivity index (χ1) is 14.6. The van der Waals surface area contributed by atoms with Crippen LogP contribution in [-0.4, -0.2) is 40.3 Å². The zero-order valence-corrected chi connectivity index (χ0v) is 17.7. The summed E-state index contributed by atoms with van der Waals surface area (Å²) in [5, 5.41) is 17.0. The fraction of sp³-hybridized carbons (Fsp3) is 0.545. The van der Waals surface area contributed by atoms with Crippen molar-refractivity contribution in [1.29, 1.82) is 0 Å². The zero-order valence-electron chi connectivity index (χ0n) is 17.7. The average molecular weight is 417 g/mol. The molecule has 0 unspecified atom stereocenters. The second-order valence-corrected chi connectivity index (χ2v) is 7.33. The predicted octanol–water partition coefficient (Wildman–Crippen LogP) is 4.42. The molecule has 2 amide bonds. The SMILES string of the molecule is CCCCCCCCCCc1ccc(-c2noc(C(=O)NCCNC(=O)O)n2)cc1. The Labute approximate surface area is 177 Å². The minimum absolute atomic E-state index is 0.0996. The fourth-order valence-electron chi connectivity index (χ4n) is 3.14. The highest BCUT2D eigenvalue weighted by atomic mass is 16.5. The minimum Gasteiger partial charge on any atom is -0.465 e. The second-order valence-electron chi connectivity index (χ2n) is 7.33. The molecule has 0 radical (unpaired) electrons. The van der Waals surface area contributed by atoms with Crippen molar-refractivity contribution in [3.05, 3.63) is 35.7 Å². The smallest absolute Gasteiger partial charge is 0.404 e. The molecule has 1 aromatic heterocycles. The van der Waals surface area contributed by atoms with Gasteiger partial charge in [-0.05, 0) is 18.4 Å². The number of benzene rings is 1. The number of aromatic nitrogens is 2. The summed E-state index contributed by atoms with van der Waals surface area (Å²) < 4.78 is 5.01. The lowest BCUT2D eigenvalue weighted by molar-refractivity contribution is 0.0909. The molecule has 30 heavy (non-hydrogen) atoms. The number of carboxylic acid groups (broad SMARTS) is 1. The third-order valence-electron chi connectivity index (χ3n) is 4.84. The first kappa shape index (κ1) is 23.4. The lowest BCUT2D eigenvalue weighted by Crippen LogP contribution is -2.34. The number of hydrogen-bond donors (Lipinski definition) is 3. The third kappa shape index (κ3) is 8.63. The summed E-state index contributed by atoms with van der Waals surface area (Å²) in [5.41, 5.74) is 2.06. The quantitative estimate of drug-likeness (QED) is 0.393. The molecule has 2 aromatic rings. The number of nitrogens with zero attached hydrogens (tertiary/aromatic N) is 2. The van der Waals surface area contributed by atoms with Gasteiger partial charge in [-0.2, -0.15) is 4.98 Å². The molecule has 8 nitrogen and oxygen atoms in total. The molecule has 0 fully saturated rings. The van der Waals surface area contributed by atoms with Crippen LogP contribution in [0.3, 0.4) is 0 Å². The van der Waals surface area contributed by atoms with Gasteiger partial charge in [-0.15, -0.1) is 0 Å². The molecule has 0 aliphatic rings. The van der Waals surface area contributed by atoms with E-state index in [1.54, 1.807) is 0 Å². The van der Waals surface area contributed by atoms with Crippen LogP contribution in [0.25, 0.3) is 11.4 Å². The van der Waals surface area contributed by atoms with Crippen molar-refractivity contribution in [2.24, 2.45) is 0 Å². The largest absolute Gasteiger partial charge is 0.465 e. The van der Waals surface area contributed by atoms with Crippen LogP contribution in [-0.2, 0) is 6.42 Å². The van der Waals surface area contributed by atoms with Crippen LogP contribution in [0.2, 0.25) is 0 Å². The monoisotopic (exact) mass is 416 g/mol. The molecule has 0 spiro atoms. The van der Waals surface area contributed by atoms with Gasteiger partial charge in [0.2, 0.25) is 5.82 Å². The topological polar surface area (TPSA) is 117 Å². The Kier molecular flexibility index (Phi) is 10.4. The number of carbonyl (C=O) groups excluding carboxylic acids is 1. The van der Waals surface area contributed by atoms with E-state index in [9.17, 15) is 9.59 Å². The molecule has 0 aliphatic carbocycles. The molecule has 1 aromatic carbocycles. The molecule has 8 heteroatoms. The molecule has 0 saturated heterocycles. The van der Waals surface area contributed by atoms with E-state index in [0.717, 1.165) is 12.0 Å². The van der Waals surface area contributed by atoms with E-state index in [4.69, 9.17) is 9.63 Å². The van der Waals surface area contributed by atoms with E-state index >= 15 is 0 Å². The molecule has 0 aliphatic heterocycles. The molecular formula is C22H32N4O4. The number of carbonyl (C=O) groups is 2. The lowest BCUT2D eigenvalue weighted by Gasteiger charge is -2.03. The van der Waals surface area contributed by atoms with Crippen LogP contribution in [0.1, 0.15) is 74.5 Å². The number of hydrogen-bond acceptors (Lipinski definition) is 5. The maximum atomic E-state index is 12.0. The van der Waals surface area contributed by atoms with E-state index in [1.165, 1.54) is 56.9 Å². The van der Waals surface area contributed by atoms with Gasteiger partial charge in [-0.25, -0.2) is 4.79 Å². The normalized spacial score (nSPS) is 10.7. The summed E-state index contributed by atoms with van der Waals surface area (Å²) in [6.45, 7) is 2.48. The van der Waals surface area contributed by atoms with E-state index in [2.05, 4.69) is 39.8 Å². The molecule has 3 N–H and O–H groups in total. The van der Waals surface area contributed by atoms with Gasteiger partial charge in [0.05, 0.1) is 0 Å². The van der Waals surface area contributed by atoms with Gasteiger partial charge in [0, 0.05) is 18.7 Å². The average Bonchev–Trinajstić information content (AvgIpc) is 3.24. The number of unbranched alkanes of at least 4 members (excludes halogenated alkanes) is 7. The summed E-state index contributed by atoms with van der Waals surface area (Å²) in [6.07, 6.45) is 10.4. The molecule has 0 bridgehead atoms. The van der Waals surface area contributed by atoms with Crippen molar-refractivity contribution in [2.75, 3.05) is 13.1 Å². The summed E-state index contributed by atoms with van der Waals surface area (Å²) in [7, 11) is 0. The van der Waals surface area contributed by atoms with Crippen LogP contribution in [0.4, 0.5) is 4.79 Å². The van der Waals surface area contributed by atoms with Gasteiger partial charge < -0.3 is 20.3 Å². The van der Waals surface area contributed by atoms with Crippen molar-refractivity contribution in [3.8, 4) is 11.4 Å². The van der Waals surface area contributed by atoms with Crippen LogP contribution in [0.15, 0.2) is 28.8 Å². The van der Waals surface area contributed by atoms with Gasteiger partial charge in [-0.1, -0.05) is 81.3 Å². The van der Waals surface area contributed by atoms with Crippen molar-refractivity contribution < 1.29 is 19.2 Å². The second kappa shape index (κ2) is 13.3. The Hall–Kier alpha value is -2.90. The first-order valence-corrected chi connectivity index (χ1v) is 10.8. The lowest BCUT2D eigenvalue weighted by atomic mass is 10.0. The summed E-state index contributed by atoms with van der Waals surface area (Å²) in [4.78, 5) is 26.4. The van der Waals surface area contributed by atoms with Gasteiger partial charge >= 0.3 is 17.9 Å². The fourth-order valence-corrected chi connectivity index (χ4v) is 3.14. The van der Waals surface area contributed by atoms with Crippen molar-refractivity contribution >= 4 is 12.0 Å². The highest BCUT2D eigenvalue weighted by molar-refractivity contribution is 5.89. The number of aryl methyl sites for hydroxylation is 1. The first-order valence-electron chi connectivity index (χ1n) is 10.8. The number of rotatable bonds is 14. The molecule has 0 saturated carbocycles. The molecule has 2 rings (SSSR count). The van der Waals surface area contributed by atoms with Gasteiger partial charge in [0.1, 0.15) is 0 Å². The van der Waals surface area contributed by atoms with Gasteiger partial charge in [0.25, 0.3) is 0 Å². The maximum Gasteiger partial charge on any atom is 0.404 e. The Balaban J connectivity index is 1.72. The van der Waals surface area contributed by atoms with Crippen LogP contribution < -0.4 is 10.6 Å². The molecular weight excluding hydrogens is 384 g/mol. The van der Waals surface area contributed by atoms with E-state index in [-0.39, 0.29) is 19.0 Å². The van der Waals surface area contributed by atoms with E-state index < -0.39 is 12.0 Å². The zero-order chi connectivity index (χ0) is 21.6. The van der Waals surface area contributed by atoms with Crippen molar-refractivity contribution in [1.82, 2.24) is 20.8 Å². The van der Waals surface area contributed by atoms with Crippen molar-refractivity contribution in [3.63, 3.8) is 0 Å².